The van der Waals surface area contributed by atoms with Crippen LogP contribution in [0.5, 0.6) is 0 Å². The maximum absolute atomic E-state index is 12.6. The molecule has 0 saturated heterocycles. The van der Waals surface area contributed by atoms with Gasteiger partial charge in [0, 0.05) is 19.2 Å². The van der Waals surface area contributed by atoms with Crippen molar-refractivity contribution in [1.82, 2.24) is 4.90 Å². The molecule has 1 unspecified atom stereocenters. The van der Waals surface area contributed by atoms with Crippen LogP contribution in [0.3, 0.4) is 0 Å². The molecule has 1 aliphatic heterocycles. The highest BCUT2D eigenvalue weighted by Crippen LogP contribution is 2.32. The Morgan fingerprint density at radius 2 is 1.81 bits per heavy atom. The highest BCUT2D eigenvalue weighted by Gasteiger charge is 2.30. The third-order valence-corrected chi connectivity index (χ3v) is 5.06. The largest absolute Gasteiger partial charge is 0.335 e. The molecule has 0 spiro atoms. The number of carbonyl (C=O) groups excluding carboxylic acids is 2. The number of benzene rings is 2. The van der Waals surface area contributed by atoms with Gasteiger partial charge < -0.3 is 10.2 Å². The van der Waals surface area contributed by atoms with Crippen molar-refractivity contribution in [2.75, 3.05) is 11.9 Å². The van der Waals surface area contributed by atoms with E-state index >= 15 is 0 Å². The van der Waals surface area contributed by atoms with Crippen LogP contribution in [-0.2, 0) is 16.0 Å². The van der Waals surface area contributed by atoms with Gasteiger partial charge in [-0.3, -0.25) is 9.59 Å². The van der Waals surface area contributed by atoms with Crippen molar-refractivity contribution < 1.29 is 9.59 Å². The minimum Gasteiger partial charge on any atom is -0.335 e. The minimum atomic E-state index is -0.201. The summed E-state index contributed by atoms with van der Waals surface area (Å²) in [6.45, 7) is 6.52. The molecule has 2 aromatic carbocycles. The molecule has 1 heterocycles. The van der Waals surface area contributed by atoms with Gasteiger partial charge >= 0.3 is 0 Å². The van der Waals surface area contributed by atoms with Gasteiger partial charge in [0.2, 0.25) is 11.8 Å². The SMILES string of the molecule is CC(=O)N1CCc2ccccc2C1CC(=O)Nc1ccc(C(C)C)cc1. The third kappa shape index (κ3) is 3.96. The summed E-state index contributed by atoms with van der Waals surface area (Å²) >= 11 is 0. The number of fused-ring (bicyclic) bond motifs is 1. The van der Waals surface area contributed by atoms with E-state index in [0.29, 0.717) is 12.5 Å². The normalized spacial score (nSPS) is 16.3. The van der Waals surface area contributed by atoms with Crippen molar-refractivity contribution in [3.63, 3.8) is 0 Å². The number of anilines is 1. The summed E-state index contributed by atoms with van der Waals surface area (Å²) in [4.78, 5) is 26.5. The van der Waals surface area contributed by atoms with Crippen molar-refractivity contribution in [3.8, 4) is 0 Å². The fraction of sp³-hybridized carbons (Fsp3) is 0.364. The molecule has 1 aliphatic rings. The molecule has 0 fully saturated rings. The van der Waals surface area contributed by atoms with Crippen LogP contribution >= 0.6 is 0 Å². The zero-order valence-electron chi connectivity index (χ0n) is 15.7. The Morgan fingerprint density at radius 3 is 2.46 bits per heavy atom. The highest BCUT2D eigenvalue weighted by atomic mass is 16.2. The zero-order chi connectivity index (χ0) is 18.7. The quantitative estimate of drug-likeness (QED) is 0.894. The van der Waals surface area contributed by atoms with Gasteiger partial charge in [-0.1, -0.05) is 50.2 Å². The summed E-state index contributed by atoms with van der Waals surface area (Å²) in [5.41, 5.74) is 4.34. The van der Waals surface area contributed by atoms with E-state index in [9.17, 15) is 9.59 Å². The standard InChI is InChI=1S/C22H26N2O2/c1-15(2)17-8-10-19(11-9-17)23-22(26)14-21-20-7-5-4-6-18(20)12-13-24(21)16(3)25/h4-11,15,21H,12-14H2,1-3H3,(H,23,26). The predicted octanol–water partition coefficient (Wildman–Crippen LogP) is 4.28. The van der Waals surface area contributed by atoms with Crippen LogP contribution in [0, 0.1) is 0 Å². The van der Waals surface area contributed by atoms with E-state index in [4.69, 9.17) is 0 Å². The van der Waals surface area contributed by atoms with Crippen molar-refractivity contribution in [2.45, 2.75) is 45.6 Å². The second-order valence-corrected chi connectivity index (χ2v) is 7.21. The smallest absolute Gasteiger partial charge is 0.226 e. The second-order valence-electron chi connectivity index (χ2n) is 7.21. The van der Waals surface area contributed by atoms with Gasteiger partial charge in [0.05, 0.1) is 12.5 Å². The Labute approximate surface area is 155 Å². The third-order valence-electron chi connectivity index (χ3n) is 5.06. The molecule has 136 valence electrons. The molecule has 0 aliphatic carbocycles. The van der Waals surface area contributed by atoms with Gasteiger partial charge in [0.1, 0.15) is 0 Å². The number of amides is 2. The molecule has 0 aromatic heterocycles. The van der Waals surface area contributed by atoms with Gasteiger partial charge in [-0.15, -0.1) is 0 Å². The number of rotatable bonds is 4. The predicted molar refractivity (Wildman–Crippen MR) is 104 cm³/mol. The Balaban J connectivity index is 1.75. The summed E-state index contributed by atoms with van der Waals surface area (Å²) in [6.07, 6.45) is 1.10. The molecule has 0 saturated carbocycles. The molecule has 1 atom stereocenters. The van der Waals surface area contributed by atoms with Crippen molar-refractivity contribution in [2.24, 2.45) is 0 Å². The van der Waals surface area contributed by atoms with E-state index in [1.165, 1.54) is 11.1 Å². The van der Waals surface area contributed by atoms with Crippen LogP contribution < -0.4 is 5.32 Å². The van der Waals surface area contributed by atoms with Crippen LogP contribution in [-0.4, -0.2) is 23.3 Å². The number of nitrogens with zero attached hydrogens (tertiary/aromatic N) is 1. The fourth-order valence-corrected chi connectivity index (χ4v) is 3.59. The second kappa shape index (κ2) is 7.73. The lowest BCUT2D eigenvalue weighted by Crippen LogP contribution is -2.40. The van der Waals surface area contributed by atoms with Gasteiger partial charge in [0.15, 0.2) is 0 Å². The number of carbonyl (C=O) groups is 2. The minimum absolute atomic E-state index is 0.0126. The van der Waals surface area contributed by atoms with E-state index in [1.807, 2.05) is 47.4 Å². The molecule has 0 bridgehead atoms. The Kier molecular flexibility index (Phi) is 5.40. The lowest BCUT2D eigenvalue weighted by Gasteiger charge is -2.36. The summed E-state index contributed by atoms with van der Waals surface area (Å²) < 4.78 is 0. The maximum atomic E-state index is 12.6. The number of hydrogen-bond donors (Lipinski definition) is 1. The lowest BCUT2D eigenvalue weighted by atomic mass is 9.90. The average Bonchev–Trinajstić information content (AvgIpc) is 2.62. The molecular formula is C22H26N2O2. The van der Waals surface area contributed by atoms with Crippen LogP contribution in [0.15, 0.2) is 48.5 Å². The molecule has 26 heavy (non-hydrogen) atoms. The van der Waals surface area contributed by atoms with E-state index in [0.717, 1.165) is 17.7 Å². The molecule has 3 rings (SSSR count). The number of hydrogen-bond acceptors (Lipinski definition) is 2. The van der Waals surface area contributed by atoms with E-state index in [2.05, 4.69) is 25.2 Å². The summed E-state index contributed by atoms with van der Waals surface area (Å²) in [5, 5.41) is 2.97. The maximum Gasteiger partial charge on any atom is 0.226 e. The summed E-state index contributed by atoms with van der Waals surface area (Å²) in [5.74, 6) is 0.399. The monoisotopic (exact) mass is 350 g/mol. The fourth-order valence-electron chi connectivity index (χ4n) is 3.59. The summed E-state index contributed by atoms with van der Waals surface area (Å²) in [6, 6.07) is 15.8. The first-order valence-corrected chi connectivity index (χ1v) is 9.20. The van der Waals surface area contributed by atoms with Crippen molar-refractivity contribution in [1.29, 1.82) is 0 Å². The van der Waals surface area contributed by atoms with Crippen LogP contribution in [0.1, 0.15) is 55.8 Å². The summed E-state index contributed by atoms with van der Waals surface area (Å²) in [7, 11) is 0. The molecule has 1 N–H and O–H groups in total. The highest BCUT2D eigenvalue weighted by molar-refractivity contribution is 5.91. The van der Waals surface area contributed by atoms with Gasteiger partial charge in [0.25, 0.3) is 0 Å². The van der Waals surface area contributed by atoms with Gasteiger partial charge in [-0.2, -0.15) is 0 Å². The molecule has 2 amide bonds. The van der Waals surface area contributed by atoms with Gasteiger partial charge in [-0.05, 0) is 41.2 Å². The van der Waals surface area contributed by atoms with Crippen LogP contribution in [0.2, 0.25) is 0 Å². The van der Waals surface area contributed by atoms with E-state index in [1.54, 1.807) is 6.92 Å². The van der Waals surface area contributed by atoms with Crippen LogP contribution in [0.25, 0.3) is 0 Å². The topological polar surface area (TPSA) is 49.4 Å². The Morgan fingerprint density at radius 1 is 1.12 bits per heavy atom. The Hall–Kier alpha value is -2.62. The first-order valence-electron chi connectivity index (χ1n) is 9.20. The van der Waals surface area contributed by atoms with Gasteiger partial charge in [-0.25, -0.2) is 0 Å². The molecule has 0 radical (unpaired) electrons. The molecule has 2 aromatic rings. The van der Waals surface area contributed by atoms with Crippen LogP contribution in [0.4, 0.5) is 5.69 Å². The average molecular weight is 350 g/mol. The first-order chi connectivity index (χ1) is 12.5. The van der Waals surface area contributed by atoms with Crippen molar-refractivity contribution in [3.05, 3.63) is 65.2 Å². The number of nitrogens with one attached hydrogen (secondary N) is 1. The lowest BCUT2D eigenvalue weighted by molar-refractivity contribution is -0.132. The van der Waals surface area contributed by atoms with E-state index in [-0.39, 0.29) is 24.3 Å². The van der Waals surface area contributed by atoms with Crippen molar-refractivity contribution >= 4 is 17.5 Å². The first kappa shape index (κ1) is 18.2. The molecule has 4 heteroatoms. The molecule has 4 nitrogen and oxygen atoms in total. The van der Waals surface area contributed by atoms with E-state index < -0.39 is 0 Å². The zero-order valence-corrected chi connectivity index (χ0v) is 15.7. The molecular weight excluding hydrogens is 324 g/mol. The Bertz CT molecular complexity index is 796.